The van der Waals surface area contributed by atoms with Gasteiger partial charge in [0.15, 0.2) is 0 Å². The zero-order valence-electron chi connectivity index (χ0n) is 8.58. The average molecular weight is 212 g/mol. The van der Waals surface area contributed by atoms with Crippen molar-refractivity contribution in [3.8, 4) is 0 Å². The number of carboxylic acids is 1. The second-order valence-electron chi connectivity index (χ2n) is 3.69. The molecule has 3 N–H and O–H groups in total. The van der Waals surface area contributed by atoms with E-state index in [1.54, 1.807) is 6.08 Å². The van der Waals surface area contributed by atoms with Crippen LogP contribution in [0.2, 0.25) is 0 Å². The molecule has 0 aromatic carbocycles. The third-order valence-electron chi connectivity index (χ3n) is 2.65. The van der Waals surface area contributed by atoms with Gasteiger partial charge in [-0.05, 0) is 19.3 Å². The summed E-state index contributed by atoms with van der Waals surface area (Å²) in [7, 11) is 0. The Kier molecular flexibility index (Phi) is 3.85. The molecular formula is C10H16N2O3. The Morgan fingerprint density at radius 1 is 1.47 bits per heavy atom. The van der Waals surface area contributed by atoms with E-state index in [1.165, 1.54) is 0 Å². The van der Waals surface area contributed by atoms with Crippen molar-refractivity contribution in [3.63, 3.8) is 0 Å². The Balaban J connectivity index is 2.31. The van der Waals surface area contributed by atoms with Crippen LogP contribution in [0.5, 0.6) is 0 Å². The molecule has 1 aliphatic rings. The van der Waals surface area contributed by atoms with E-state index in [4.69, 9.17) is 5.11 Å². The summed E-state index contributed by atoms with van der Waals surface area (Å²) in [5, 5.41) is 14.3. The van der Waals surface area contributed by atoms with E-state index in [9.17, 15) is 9.59 Å². The summed E-state index contributed by atoms with van der Waals surface area (Å²) in [5.41, 5.74) is -0.870. The van der Waals surface area contributed by atoms with Crippen LogP contribution in [0.1, 0.15) is 19.3 Å². The quantitative estimate of drug-likeness (QED) is 0.537. The van der Waals surface area contributed by atoms with E-state index in [2.05, 4.69) is 17.2 Å². The molecule has 0 aromatic heterocycles. The Morgan fingerprint density at radius 2 is 2.13 bits per heavy atom. The smallest absolute Gasteiger partial charge is 0.323 e. The maximum Gasteiger partial charge on any atom is 0.323 e. The fraction of sp³-hybridized carbons (Fsp3) is 0.600. The molecule has 0 bridgehead atoms. The minimum atomic E-state index is -0.870. The van der Waals surface area contributed by atoms with Crippen molar-refractivity contribution in [1.29, 1.82) is 0 Å². The molecule has 1 fully saturated rings. The molecule has 84 valence electrons. The number of hydrogen-bond acceptors (Lipinski definition) is 3. The predicted octanol–water partition coefficient (Wildman–Crippen LogP) is -0.115. The summed E-state index contributed by atoms with van der Waals surface area (Å²) in [5.74, 6) is -1.08. The monoisotopic (exact) mass is 212 g/mol. The molecule has 0 saturated heterocycles. The number of aliphatic carboxylic acids is 1. The first-order valence-electron chi connectivity index (χ1n) is 4.97. The molecule has 0 heterocycles. The highest BCUT2D eigenvalue weighted by atomic mass is 16.4. The first kappa shape index (κ1) is 11.7. The van der Waals surface area contributed by atoms with Gasteiger partial charge >= 0.3 is 5.97 Å². The lowest BCUT2D eigenvalue weighted by atomic mass is 9.77. The number of carbonyl (C=O) groups excluding carboxylic acids is 1. The highest BCUT2D eigenvalue weighted by molar-refractivity contribution is 5.83. The molecular weight excluding hydrogens is 196 g/mol. The molecule has 0 atom stereocenters. The first-order valence-corrected chi connectivity index (χ1v) is 4.97. The van der Waals surface area contributed by atoms with Gasteiger partial charge < -0.3 is 10.4 Å². The highest BCUT2D eigenvalue weighted by Crippen LogP contribution is 2.31. The van der Waals surface area contributed by atoms with Crippen molar-refractivity contribution in [2.45, 2.75) is 24.8 Å². The van der Waals surface area contributed by atoms with Crippen LogP contribution < -0.4 is 10.6 Å². The van der Waals surface area contributed by atoms with Crippen molar-refractivity contribution in [2.24, 2.45) is 0 Å². The fourth-order valence-corrected chi connectivity index (χ4v) is 1.49. The van der Waals surface area contributed by atoms with Gasteiger partial charge in [0.25, 0.3) is 0 Å². The van der Waals surface area contributed by atoms with E-state index >= 15 is 0 Å². The van der Waals surface area contributed by atoms with E-state index in [-0.39, 0.29) is 12.5 Å². The third-order valence-corrected chi connectivity index (χ3v) is 2.65. The number of carbonyl (C=O) groups is 2. The molecule has 0 radical (unpaired) electrons. The lowest BCUT2D eigenvalue weighted by molar-refractivity contribution is -0.148. The van der Waals surface area contributed by atoms with Crippen molar-refractivity contribution in [2.75, 3.05) is 13.1 Å². The second-order valence-corrected chi connectivity index (χ2v) is 3.69. The minimum absolute atomic E-state index is 0.0418. The Bertz CT molecular complexity index is 272. The van der Waals surface area contributed by atoms with Crippen LogP contribution in [-0.2, 0) is 9.59 Å². The molecule has 1 amide bonds. The van der Waals surface area contributed by atoms with E-state index in [0.29, 0.717) is 19.4 Å². The number of hydrogen-bond donors (Lipinski definition) is 3. The Morgan fingerprint density at radius 3 is 2.53 bits per heavy atom. The molecule has 0 spiro atoms. The van der Waals surface area contributed by atoms with Crippen LogP contribution in [-0.4, -0.2) is 35.6 Å². The SMILES string of the molecule is C=CCNC(=O)CNC1(C(=O)O)CCC1. The van der Waals surface area contributed by atoms with Gasteiger partial charge in [-0.2, -0.15) is 0 Å². The van der Waals surface area contributed by atoms with Gasteiger partial charge in [-0.3, -0.25) is 14.9 Å². The van der Waals surface area contributed by atoms with E-state index < -0.39 is 11.5 Å². The molecule has 0 aromatic rings. The predicted molar refractivity (Wildman–Crippen MR) is 55.4 cm³/mol. The van der Waals surface area contributed by atoms with Gasteiger partial charge in [0.2, 0.25) is 5.91 Å². The molecule has 1 rings (SSSR count). The molecule has 5 nitrogen and oxygen atoms in total. The largest absolute Gasteiger partial charge is 0.480 e. The maximum absolute atomic E-state index is 11.2. The lowest BCUT2D eigenvalue weighted by Gasteiger charge is -2.38. The summed E-state index contributed by atoms with van der Waals surface area (Å²) in [6, 6.07) is 0. The number of nitrogens with one attached hydrogen (secondary N) is 2. The molecule has 15 heavy (non-hydrogen) atoms. The Labute approximate surface area is 88.5 Å². The maximum atomic E-state index is 11.2. The summed E-state index contributed by atoms with van der Waals surface area (Å²) in [4.78, 5) is 22.1. The zero-order valence-corrected chi connectivity index (χ0v) is 8.58. The van der Waals surface area contributed by atoms with Crippen molar-refractivity contribution in [1.82, 2.24) is 10.6 Å². The van der Waals surface area contributed by atoms with Gasteiger partial charge in [0.1, 0.15) is 5.54 Å². The first-order chi connectivity index (χ1) is 7.10. The molecule has 1 saturated carbocycles. The second kappa shape index (κ2) is 4.93. The standard InChI is InChI=1S/C10H16N2O3/c1-2-6-11-8(13)7-12-10(9(14)15)4-3-5-10/h2,12H,1,3-7H2,(H,11,13)(H,14,15). The van der Waals surface area contributed by atoms with E-state index in [0.717, 1.165) is 6.42 Å². The average Bonchev–Trinajstić information content (AvgIpc) is 2.12. The van der Waals surface area contributed by atoms with E-state index in [1.807, 2.05) is 0 Å². The molecule has 0 unspecified atom stereocenters. The zero-order chi connectivity index (χ0) is 11.3. The van der Waals surface area contributed by atoms with Crippen molar-refractivity contribution < 1.29 is 14.7 Å². The fourth-order valence-electron chi connectivity index (χ4n) is 1.49. The van der Waals surface area contributed by atoms with Crippen molar-refractivity contribution in [3.05, 3.63) is 12.7 Å². The van der Waals surface area contributed by atoms with Crippen LogP contribution in [0.25, 0.3) is 0 Å². The van der Waals surface area contributed by atoms with Gasteiger partial charge in [-0.1, -0.05) is 6.08 Å². The number of carboxylic acid groups (broad SMARTS) is 1. The summed E-state index contributed by atoms with van der Waals surface area (Å²) >= 11 is 0. The lowest BCUT2D eigenvalue weighted by Crippen LogP contribution is -2.59. The minimum Gasteiger partial charge on any atom is -0.480 e. The van der Waals surface area contributed by atoms with Crippen LogP contribution in [0.15, 0.2) is 12.7 Å². The Hall–Kier alpha value is -1.36. The summed E-state index contributed by atoms with van der Waals surface area (Å²) < 4.78 is 0. The van der Waals surface area contributed by atoms with Crippen LogP contribution in [0.3, 0.4) is 0 Å². The third kappa shape index (κ3) is 2.79. The van der Waals surface area contributed by atoms with Gasteiger partial charge in [-0.25, -0.2) is 0 Å². The van der Waals surface area contributed by atoms with Gasteiger partial charge in [0.05, 0.1) is 6.54 Å². The number of amides is 1. The highest BCUT2D eigenvalue weighted by Gasteiger charge is 2.44. The van der Waals surface area contributed by atoms with Crippen molar-refractivity contribution >= 4 is 11.9 Å². The van der Waals surface area contributed by atoms with Gasteiger partial charge in [0, 0.05) is 6.54 Å². The van der Waals surface area contributed by atoms with Crippen LogP contribution >= 0.6 is 0 Å². The van der Waals surface area contributed by atoms with Crippen LogP contribution in [0.4, 0.5) is 0 Å². The summed E-state index contributed by atoms with van der Waals surface area (Å²) in [6.07, 6.45) is 3.66. The van der Waals surface area contributed by atoms with Crippen LogP contribution in [0, 0.1) is 0 Å². The summed E-state index contributed by atoms with van der Waals surface area (Å²) in [6.45, 7) is 3.91. The normalized spacial score (nSPS) is 17.6. The molecule has 0 aliphatic heterocycles. The van der Waals surface area contributed by atoms with Gasteiger partial charge in [-0.15, -0.1) is 6.58 Å². The topological polar surface area (TPSA) is 78.4 Å². The molecule has 1 aliphatic carbocycles. The molecule has 5 heteroatoms. The number of rotatable bonds is 6.